The van der Waals surface area contributed by atoms with Crippen molar-refractivity contribution in [2.24, 2.45) is 0 Å². The topological polar surface area (TPSA) is 34.0 Å². The van der Waals surface area contributed by atoms with Gasteiger partial charge in [-0.25, -0.2) is 0 Å². The second kappa shape index (κ2) is 6.82. The molecule has 0 bridgehead atoms. The van der Waals surface area contributed by atoms with Gasteiger partial charge < -0.3 is 9.88 Å². The highest BCUT2D eigenvalue weighted by Gasteiger charge is 2.01. The fraction of sp³-hybridized carbons (Fsp3) is 0.267. The van der Waals surface area contributed by atoms with Crippen molar-refractivity contribution in [3.63, 3.8) is 0 Å². The number of hydrogen-bond acceptors (Lipinski definition) is 2. The van der Waals surface area contributed by atoms with Crippen molar-refractivity contribution >= 4 is 28.9 Å². The monoisotopic (exact) mass is 310 g/mol. The highest BCUT2D eigenvalue weighted by Crippen LogP contribution is 2.19. The summed E-state index contributed by atoms with van der Waals surface area (Å²) in [6, 6.07) is 8.78. The van der Waals surface area contributed by atoms with E-state index >= 15 is 0 Å². The van der Waals surface area contributed by atoms with Crippen molar-refractivity contribution < 1.29 is 0 Å². The standard InChI is InChI=1S/C15H16Cl2N2O/c1-2-5-19-10-14(3-4-15(19)20)18-9-11-6-12(16)8-13(17)7-11/h3-4,6-8,10,18H,2,5,9H2,1H3. The number of aryl methyl sites for hydroxylation is 1. The second-order valence-electron chi connectivity index (χ2n) is 4.58. The Hall–Kier alpha value is -1.45. The molecule has 2 rings (SSSR count). The Kier molecular flexibility index (Phi) is 5.10. The summed E-state index contributed by atoms with van der Waals surface area (Å²) in [5.41, 5.74) is 1.91. The molecule has 0 aliphatic heterocycles. The summed E-state index contributed by atoms with van der Waals surface area (Å²) >= 11 is 11.9. The first-order valence-corrected chi connectivity index (χ1v) is 7.23. The van der Waals surface area contributed by atoms with Gasteiger partial charge in [0.15, 0.2) is 0 Å². The van der Waals surface area contributed by atoms with E-state index in [1.165, 1.54) is 0 Å². The number of aromatic nitrogens is 1. The van der Waals surface area contributed by atoms with Crippen LogP contribution in [0.5, 0.6) is 0 Å². The Morgan fingerprint density at radius 1 is 1.15 bits per heavy atom. The fourth-order valence-electron chi connectivity index (χ4n) is 1.97. The van der Waals surface area contributed by atoms with E-state index < -0.39 is 0 Å². The average molecular weight is 311 g/mol. The van der Waals surface area contributed by atoms with Crippen LogP contribution in [-0.2, 0) is 13.1 Å². The van der Waals surface area contributed by atoms with Gasteiger partial charge in [0.2, 0.25) is 0 Å². The minimum atomic E-state index is 0.0169. The molecule has 3 nitrogen and oxygen atoms in total. The van der Waals surface area contributed by atoms with Crippen LogP contribution in [0.15, 0.2) is 41.3 Å². The van der Waals surface area contributed by atoms with Gasteiger partial charge in [0.1, 0.15) is 0 Å². The molecular formula is C15H16Cl2N2O. The summed E-state index contributed by atoms with van der Waals surface area (Å²) in [6.45, 7) is 3.36. The Morgan fingerprint density at radius 2 is 1.85 bits per heavy atom. The molecule has 0 saturated heterocycles. The highest BCUT2D eigenvalue weighted by atomic mass is 35.5. The van der Waals surface area contributed by atoms with Crippen LogP contribution < -0.4 is 10.9 Å². The molecular weight excluding hydrogens is 295 g/mol. The van der Waals surface area contributed by atoms with E-state index in [0.717, 1.165) is 24.2 Å². The summed E-state index contributed by atoms with van der Waals surface area (Å²) in [4.78, 5) is 11.6. The molecule has 0 atom stereocenters. The summed E-state index contributed by atoms with van der Waals surface area (Å²) in [5, 5.41) is 4.50. The van der Waals surface area contributed by atoms with E-state index in [2.05, 4.69) is 5.32 Å². The van der Waals surface area contributed by atoms with Gasteiger partial charge in [0.25, 0.3) is 5.56 Å². The quantitative estimate of drug-likeness (QED) is 0.899. The third-order valence-corrected chi connectivity index (χ3v) is 3.30. The lowest BCUT2D eigenvalue weighted by Crippen LogP contribution is -2.18. The first-order valence-electron chi connectivity index (χ1n) is 6.48. The maximum atomic E-state index is 11.6. The average Bonchev–Trinajstić information content (AvgIpc) is 2.39. The number of rotatable bonds is 5. The largest absolute Gasteiger partial charge is 0.380 e. The second-order valence-corrected chi connectivity index (χ2v) is 5.45. The van der Waals surface area contributed by atoms with Crippen molar-refractivity contribution in [1.82, 2.24) is 4.57 Å². The van der Waals surface area contributed by atoms with Crippen LogP contribution in [0.3, 0.4) is 0 Å². The molecule has 0 amide bonds. The Bertz CT molecular complexity index is 632. The van der Waals surface area contributed by atoms with Gasteiger partial charge in [0.05, 0.1) is 5.69 Å². The summed E-state index contributed by atoms with van der Waals surface area (Å²) < 4.78 is 1.70. The lowest BCUT2D eigenvalue weighted by atomic mass is 10.2. The van der Waals surface area contributed by atoms with E-state index in [1.54, 1.807) is 22.8 Å². The molecule has 0 fully saturated rings. The van der Waals surface area contributed by atoms with Crippen molar-refractivity contribution in [3.05, 3.63) is 62.5 Å². The summed E-state index contributed by atoms with van der Waals surface area (Å²) in [7, 11) is 0. The first kappa shape index (κ1) is 14.9. The van der Waals surface area contributed by atoms with Gasteiger partial charge in [-0.05, 0) is 36.2 Å². The highest BCUT2D eigenvalue weighted by molar-refractivity contribution is 6.34. The predicted molar refractivity (Wildman–Crippen MR) is 84.8 cm³/mol. The predicted octanol–water partition coefficient (Wildman–Crippen LogP) is 4.18. The number of pyridine rings is 1. The van der Waals surface area contributed by atoms with Crippen LogP contribution in [0.1, 0.15) is 18.9 Å². The zero-order chi connectivity index (χ0) is 14.5. The Morgan fingerprint density at radius 3 is 2.50 bits per heavy atom. The van der Waals surface area contributed by atoms with E-state index in [0.29, 0.717) is 16.6 Å². The first-order chi connectivity index (χ1) is 9.58. The number of hydrogen-bond donors (Lipinski definition) is 1. The zero-order valence-corrected chi connectivity index (χ0v) is 12.7. The number of nitrogens with one attached hydrogen (secondary N) is 1. The number of anilines is 1. The molecule has 0 spiro atoms. The van der Waals surface area contributed by atoms with E-state index in [-0.39, 0.29) is 5.56 Å². The molecule has 20 heavy (non-hydrogen) atoms. The Labute approximate surface area is 128 Å². The molecule has 106 valence electrons. The van der Waals surface area contributed by atoms with Gasteiger partial charge in [-0.15, -0.1) is 0 Å². The fourth-order valence-corrected chi connectivity index (χ4v) is 2.54. The normalized spacial score (nSPS) is 10.6. The SMILES string of the molecule is CCCn1cc(NCc2cc(Cl)cc(Cl)c2)ccc1=O. The molecule has 0 aliphatic rings. The molecule has 0 saturated carbocycles. The van der Waals surface area contributed by atoms with E-state index in [1.807, 2.05) is 25.3 Å². The smallest absolute Gasteiger partial charge is 0.250 e. The minimum absolute atomic E-state index is 0.0169. The van der Waals surface area contributed by atoms with Gasteiger partial charge >= 0.3 is 0 Å². The van der Waals surface area contributed by atoms with Crippen molar-refractivity contribution in [1.29, 1.82) is 0 Å². The van der Waals surface area contributed by atoms with Gasteiger partial charge in [-0.1, -0.05) is 30.1 Å². The maximum absolute atomic E-state index is 11.6. The molecule has 1 N–H and O–H groups in total. The lowest BCUT2D eigenvalue weighted by molar-refractivity contribution is 0.655. The Balaban J connectivity index is 2.10. The van der Waals surface area contributed by atoms with E-state index in [4.69, 9.17) is 23.2 Å². The molecule has 0 aliphatic carbocycles. The maximum Gasteiger partial charge on any atom is 0.250 e. The summed E-state index contributed by atoms with van der Waals surface area (Å²) in [6.07, 6.45) is 2.76. The number of benzene rings is 1. The zero-order valence-electron chi connectivity index (χ0n) is 11.2. The number of nitrogens with zero attached hydrogens (tertiary/aromatic N) is 1. The van der Waals surface area contributed by atoms with Crippen molar-refractivity contribution in [2.45, 2.75) is 26.4 Å². The van der Waals surface area contributed by atoms with Gasteiger partial charge in [-0.3, -0.25) is 4.79 Å². The third-order valence-electron chi connectivity index (χ3n) is 2.87. The van der Waals surface area contributed by atoms with E-state index in [9.17, 15) is 4.79 Å². The summed E-state index contributed by atoms with van der Waals surface area (Å²) in [5.74, 6) is 0. The molecule has 0 unspecified atom stereocenters. The van der Waals surface area contributed by atoms with Crippen LogP contribution >= 0.6 is 23.2 Å². The van der Waals surface area contributed by atoms with Crippen LogP contribution in [0.4, 0.5) is 5.69 Å². The van der Waals surface area contributed by atoms with Gasteiger partial charge in [0, 0.05) is 35.4 Å². The molecule has 1 aromatic heterocycles. The third kappa shape index (κ3) is 4.02. The van der Waals surface area contributed by atoms with Crippen LogP contribution in [0.2, 0.25) is 10.0 Å². The van der Waals surface area contributed by atoms with Crippen molar-refractivity contribution in [3.8, 4) is 0 Å². The lowest BCUT2D eigenvalue weighted by Gasteiger charge is -2.10. The van der Waals surface area contributed by atoms with Crippen molar-refractivity contribution in [2.75, 3.05) is 5.32 Å². The molecule has 2 aromatic rings. The minimum Gasteiger partial charge on any atom is -0.380 e. The number of halogens is 2. The molecule has 1 heterocycles. The molecule has 0 radical (unpaired) electrons. The van der Waals surface area contributed by atoms with Crippen LogP contribution in [0, 0.1) is 0 Å². The van der Waals surface area contributed by atoms with Gasteiger partial charge in [-0.2, -0.15) is 0 Å². The van der Waals surface area contributed by atoms with Crippen LogP contribution in [0.25, 0.3) is 0 Å². The van der Waals surface area contributed by atoms with Crippen LogP contribution in [-0.4, -0.2) is 4.57 Å². The molecule has 1 aromatic carbocycles. The molecule has 5 heteroatoms.